The molecule has 19 heteroatoms. The molecular weight excluding hydrogens is 814 g/mol. The van der Waals surface area contributed by atoms with Gasteiger partial charge in [-0.3, -0.25) is 9.88 Å². The van der Waals surface area contributed by atoms with Crippen molar-refractivity contribution >= 4 is 27.0 Å². The first-order valence-electron chi connectivity index (χ1n) is 17.7. The number of hydrogen-bond donors (Lipinski definition) is 2. The molecule has 3 atom stereocenters. The number of ether oxygens (including phenoxy) is 3. The van der Waals surface area contributed by atoms with Crippen molar-refractivity contribution in [3.05, 3.63) is 153 Å². The number of halogens is 7. The first-order chi connectivity index (χ1) is 27.8. The highest BCUT2D eigenvalue weighted by Crippen LogP contribution is 2.40. The number of nitrogens with zero attached hydrogens (tertiary/aromatic N) is 2. The number of carbonyl (C=O) groups is 1. The maximum atomic E-state index is 13.6. The number of sulfone groups is 1. The van der Waals surface area contributed by atoms with Gasteiger partial charge in [-0.05, 0) is 71.6 Å². The molecule has 11 nitrogen and oxygen atoms in total. The molecule has 4 aromatic carbocycles. The molecule has 1 saturated heterocycles. The Morgan fingerprint density at radius 1 is 0.881 bits per heavy atom. The van der Waals surface area contributed by atoms with E-state index in [4.69, 9.17) is 14.2 Å². The molecule has 0 aliphatic carbocycles. The van der Waals surface area contributed by atoms with Crippen LogP contribution in [0.25, 0.3) is 11.1 Å². The minimum Gasteiger partial charge on any atom is -0.457 e. The van der Waals surface area contributed by atoms with Crippen LogP contribution in [0.3, 0.4) is 0 Å². The van der Waals surface area contributed by atoms with E-state index in [0.29, 0.717) is 29.8 Å². The van der Waals surface area contributed by atoms with Gasteiger partial charge in [0.15, 0.2) is 16.1 Å². The van der Waals surface area contributed by atoms with Crippen LogP contribution in [0.5, 0.6) is 0 Å². The predicted molar refractivity (Wildman–Crippen MR) is 198 cm³/mol. The van der Waals surface area contributed by atoms with Crippen molar-refractivity contribution in [1.82, 2.24) is 20.1 Å². The molecule has 0 spiro atoms. The van der Waals surface area contributed by atoms with Crippen LogP contribution in [0, 0.1) is 5.82 Å². The number of aromatic nitrogens is 3. The van der Waals surface area contributed by atoms with Crippen LogP contribution in [-0.4, -0.2) is 66.8 Å². The summed E-state index contributed by atoms with van der Waals surface area (Å²) in [5.74, 6) is -0.593. The third-order valence-electron chi connectivity index (χ3n) is 9.39. The molecule has 1 aromatic heterocycles. The summed E-state index contributed by atoms with van der Waals surface area (Å²) in [6.07, 6.45) is -11.3. The van der Waals surface area contributed by atoms with E-state index in [1.165, 1.54) is 37.4 Å². The second kappa shape index (κ2) is 17.3. The number of carbonyl (C=O) groups excluding carboxylic acids is 1. The van der Waals surface area contributed by atoms with Crippen LogP contribution in [-0.2, 0) is 47.7 Å². The summed E-state index contributed by atoms with van der Waals surface area (Å²) < 4.78 is 133. The van der Waals surface area contributed by atoms with E-state index < -0.39 is 63.3 Å². The van der Waals surface area contributed by atoms with Gasteiger partial charge in [0.1, 0.15) is 18.2 Å². The monoisotopic (exact) mass is 848 g/mol. The molecule has 1 fully saturated rings. The summed E-state index contributed by atoms with van der Waals surface area (Å²) >= 11 is 0. The number of benzene rings is 4. The Balaban J connectivity index is 0.000000226. The molecule has 3 heterocycles. The Bertz CT molecular complexity index is 2440. The van der Waals surface area contributed by atoms with E-state index in [1.807, 2.05) is 30.3 Å². The number of aromatic amines is 2. The van der Waals surface area contributed by atoms with Crippen molar-refractivity contribution in [2.24, 2.45) is 0 Å². The van der Waals surface area contributed by atoms with Crippen LogP contribution in [0.4, 0.5) is 30.7 Å². The standard InChI is InChI=1S/C23H21F7N4O3.C17H14O4S/c1-12(14-8-15(22(25,26)27)10-16(9-14)23(28,29)30)37-20-19(13-2-4-17(24)5-3-13)34(6-7-36-20)11-18-31-21(35)33-32-18;1-22(19,20)14-9-7-12(8-10-14)15-11-21-17(18)16(15)13-5-3-2-4-6-13/h2-5,8-10,12,19-20H,6-7,11H2,1H3,(H2,31,32,33,35);2-10H,11H2,1H3/t12-,19+,20-;/m1./s1. The Morgan fingerprint density at radius 2 is 1.51 bits per heavy atom. The van der Waals surface area contributed by atoms with Gasteiger partial charge in [-0.2, -0.15) is 31.4 Å². The summed E-state index contributed by atoms with van der Waals surface area (Å²) in [6, 6.07) is 21.6. The fraction of sp³-hybridized carbons (Fsp3) is 0.275. The average Bonchev–Trinajstić information content (AvgIpc) is 3.79. The van der Waals surface area contributed by atoms with Crippen LogP contribution in [0.1, 0.15) is 58.3 Å². The number of esters is 1. The largest absolute Gasteiger partial charge is 0.457 e. The molecule has 0 radical (unpaired) electrons. The summed E-state index contributed by atoms with van der Waals surface area (Å²) in [6.45, 7) is 2.01. The van der Waals surface area contributed by atoms with Gasteiger partial charge in [0.25, 0.3) is 0 Å². The topological polar surface area (TPSA) is 144 Å². The van der Waals surface area contributed by atoms with Crippen LogP contribution in [0.2, 0.25) is 0 Å². The van der Waals surface area contributed by atoms with Crippen molar-refractivity contribution in [2.45, 2.75) is 49.2 Å². The molecule has 0 amide bonds. The van der Waals surface area contributed by atoms with Gasteiger partial charge >= 0.3 is 24.0 Å². The number of nitrogens with one attached hydrogen (secondary N) is 2. The molecule has 0 unspecified atom stereocenters. The average molecular weight is 849 g/mol. The zero-order valence-corrected chi connectivity index (χ0v) is 31.9. The molecule has 7 rings (SSSR count). The SMILES string of the molecule is CS(=O)(=O)c1ccc(C2=C(c3ccccc3)C(=O)OC2)cc1.C[C@@H](O[C@H]1OCCN(Cc2n[nH]c(=O)[nH]2)[C@H]1c1ccc(F)cc1)c1cc(C(F)(F)F)cc(C(F)(F)F)c1. The number of hydrogen-bond acceptors (Lipinski definition) is 9. The van der Waals surface area contributed by atoms with Crippen molar-refractivity contribution in [1.29, 1.82) is 0 Å². The summed E-state index contributed by atoms with van der Waals surface area (Å²) in [7, 11) is -3.23. The van der Waals surface area contributed by atoms with E-state index in [2.05, 4.69) is 15.2 Å². The molecule has 0 bridgehead atoms. The molecular formula is C40H35F7N4O7S. The van der Waals surface area contributed by atoms with Crippen LogP contribution in [0.15, 0.2) is 107 Å². The number of morpholine rings is 1. The lowest BCUT2D eigenvalue weighted by Crippen LogP contribution is -2.46. The summed E-state index contributed by atoms with van der Waals surface area (Å²) in [4.78, 5) is 28.0. The highest BCUT2D eigenvalue weighted by Gasteiger charge is 2.39. The van der Waals surface area contributed by atoms with Gasteiger partial charge < -0.3 is 14.2 Å². The lowest BCUT2D eigenvalue weighted by atomic mass is 9.97. The summed E-state index contributed by atoms with van der Waals surface area (Å²) in [5.41, 5.74) is -0.400. The smallest absolute Gasteiger partial charge is 0.416 e. The Labute approximate surface area is 332 Å². The number of alkyl halides is 6. The van der Waals surface area contributed by atoms with E-state index in [1.54, 1.807) is 29.2 Å². The minimum atomic E-state index is -5.01. The molecule has 2 aliphatic heterocycles. The van der Waals surface area contributed by atoms with E-state index in [0.717, 1.165) is 16.7 Å². The lowest BCUT2D eigenvalue weighted by molar-refractivity contribution is -0.231. The van der Waals surface area contributed by atoms with Crippen LogP contribution < -0.4 is 5.69 Å². The van der Waals surface area contributed by atoms with Gasteiger partial charge in [0, 0.05) is 18.4 Å². The third kappa shape index (κ3) is 10.5. The van der Waals surface area contributed by atoms with Gasteiger partial charge in [0.05, 0.1) is 46.9 Å². The number of cyclic esters (lactones) is 1. The van der Waals surface area contributed by atoms with Gasteiger partial charge in [-0.15, -0.1) is 0 Å². The highest BCUT2D eigenvalue weighted by molar-refractivity contribution is 7.90. The van der Waals surface area contributed by atoms with Gasteiger partial charge in [0.2, 0.25) is 0 Å². The second-order valence-corrected chi connectivity index (χ2v) is 15.6. The maximum absolute atomic E-state index is 13.6. The molecule has 2 N–H and O–H groups in total. The highest BCUT2D eigenvalue weighted by atomic mass is 32.2. The quantitative estimate of drug-likeness (QED) is 0.114. The first kappa shape index (κ1) is 43.0. The molecule has 0 saturated carbocycles. The van der Waals surface area contributed by atoms with E-state index in [-0.39, 0.29) is 48.1 Å². The van der Waals surface area contributed by atoms with Crippen molar-refractivity contribution in [3.63, 3.8) is 0 Å². The number of H-pyrrole nitrogens is 2. The lowest BCUT2D eigenvalue weighted by Gasteiger charge is -2.41. The van der Waals surface area contributed by atoms with E-state index >= 15 is 0 Å². The Hall–Kier alpha value is -5.63. The zero-order valence-electron chi connectivity index (χ0n) is 31.1. The predicted octanol–water partition coefficient (Wildman–Crippen LogP) is 7.51. The normalized spacial score (nSPS) is 18.3. The second-order valence-electron chi connectivity index (χ2n) is 13.5. The van der Waals surface area contributed by atoms with Crippen molar-refractivity contribution in [2.75, 3.05) is 26.0 Å². The molecule has 59 heavy (non-hydrogen) atoms. The minimum absolute atomic E-state index is 0.0427. The summed E-state index contributed by atoms with van der Waals surface area (Å²) in [5, 5.41) is 6.10. The van der Waals surface area contributed by atoms with Gasteiger partial charge in [-0.25, -0.2) is 27.5 Å². The van der Waals surface area contributed by atoms with Crippen molar-refractivity contribution in [3.8, 4) is 0 Å². The van der Waals surface area contributed by atoms with Gasteiger partial charge in [-0.1, -0.05) is 54.6 Å². The van der Waals surface area contributed by atoms with Crippen molar-refractivity contribution < 1.29 is 58.2 Å². The molecule has 2 aliphatic rings. The zero-order chi connectivity index (χ0) is 42.7. The fourth-order valence-electron chi connectivity index (χ4n) is 6.51. The maximum Gasteiger partial charge on any atom is 0.416 e. The third-order valence-corrected chi connectivity index (χ3v) is 10.5. The fourth-order valence-corrected chi connectivity index (χ4v) is 7.14. The Morgan fingerprint density at radius 3 is 2.07 bits per heavy atom. The Kier molecular flexibility index (Phi) is 12.6. The molecule has 5 aromatic rings. The number of rotatable bonds is 9. The van der Waals surface area contributed by atoms with E-state index in [9.17, 15) is 48.7 Å². The first-order valence-corrected chi connectivity index (χ1v) is 19.6. The molecule has 312 valence electrons. The van der Waals surface area contributed by atoms with Crippen LogP contribution >= 0.6 is 0 Å².